The Hall–Kier alpha value is -3.56. The number of carbonyl (C=O) groups is 3. The van der Waals surface area contributed by atoms with E-state index in [1.165, 1.54) is 24.3 Å². The number of ether oxygens (including phenoxy) is 1. The monoisotopic (exact) mass is 531 g/mol. The molecular formula is C28H32F3N3O4. The fourth-order valence-corrected chi connectivity index (χ4v) is 4.93. The second-order valence-corrected chi connectivity index (χ2v) is 9.79. The molecule has 10 heteroatoms. The van der Waals surface area contributed by atoms with Crippen molar-refractivity contribution in [3.8, 4) is 5.75 Å². The van der Waals surface area contributed by atoms with Crippen molar-refractivity contribution in [2.24, 2.45) is 0 Å². The first kappa shape index (κ1) is 27.5. The summed E-state index contributed by atoms with van der Waals surface area (Å²) >= 11 is 0. The average Bonchev–Trinajstić information content (AvgIpc) is 2.89. The van der Waals surface area contributed by atoms with Crippen molar-refractivity contribution in [2.75, 3.05) is 31.5 Å². The van der Waals surface area contributed by atoms with Crippen LogP contribution >= 0.6 is 0 Å². The van der Waals surface area contributed by atoms with Crippen molar-refractivity contribution in [3.63, 3.8) is 0 Å². The highest BCUT2D eigenvalue weighted by Gasteiger charge is 2.31. The van der Waals surface area contributed by atoms with Gasteiger partial charge in [-0.1, -0.05) is 24.3 Å². The van der Waals surface area contributed by atoms with Gasteiger partial charge in [-0.05, 0) is 73.4 Å². The van der Waals surface area contributed by atoms with E-state index in [-0.39, 0.29) is 36.4 Å². The first-order valence-corrected chi connectivity index (χ1v) is 13.0. The first-order valence-electron chi connectivity index (χ1n) is 13.0. The van der Waals surface area contributed by atoms with Crippen LogP contribution in [0.4, 0.5) is 18.9 Å². The van der Waals surface area contributed by atoms with Crippen molar-refractivity contribution < 1.29 is 32.3 Å². The number of amides is 3. The smallest absolute Gasteiger partial charge is 0.406 e. The molecular weight excluding hydrogens is 499 g/mol. The molecule has 3 amide bonds. The van der Waals surface area contributed by atoms with Crippen LogP contribution in [0.5, 0.6) is 5.75 Å². The van der Waals surface area contributed by atoms with Crippen LogP contribution in [-0.2, 0) is 20.8 Å². The molecule has 2 fully saturated rings. The number of carbonyl (C=O) groups excluding carboxylic acids is 3. The van der Waals surface area contributed by atoms with Crippen LogP contribution in [-0.4, -0.2) is 60.1 Å². The largest absolute Gasteiger partial charge is 0.573 e. The average molecular weight is 532 g/mol. The van der Waals surface area contributed by atoms with Gasteiger partial charge in [0, 0.05) is 38.2 Å². The molecule has 38 heavy (non-hydrogen) atoms. The second-order valence-electron chi connectivity index (χ2n) is 9.79. The highest BCUT2D eigenvalue weighted by molar-refractivity contribution is 5.90. The molecule has 2 aromatic rings. The van der Waals surface area contributed by atoms with E-state index < -0.39 is 6.36 Å². The Kier molecular flexibility index (Phi) is 8.91. The molecule has 2 aliphatic rings. The van der Waals surface area contributed by atoms with Crippen molar-refractivity contribution in [3.05, 3.63) is 59.7 Å². The van der Waals surface area contributed by atoms with Gasteiger partial charge in [-0.3, -0.25) is 14.4 Å². The third-order valence-electron chi connectivity index (χ3n) is 7.06. The number of hydrogen-bond donors (Lipinski definition) is 1. The maximum atomic E-state index is 12.7. The number of benzene rings is 2. The van der Waals surface area contributed by atoms with E-state index >= 15 is 0 Å². The van der Waals surface area contributed by atoms with Crippen molar-refractivity contribution in [2.45, 2.75) is 57.2 Å². The minimum absolute atomic E-state index is 0.0161. The van der Waals surface area contributed by atoms with Gasteiger partial charge in [-0.25, -0.2) is 0 Å². The number of nitrogens with zero attached hydrogens (tertiary/aromatic N) is 2. The molecule has 204 valence electrons. The minimum atomic E-state index is -4.73. The number of alkyl halides is 3. The lowest BCUT2D eigenvalue weighted by Gasteiger charge is -2.34. The number of nitrogens with one attached hydrogen (secondary N) is 1. The molecule has 0 bridgehead atoms. The molecule has 0 spiro atoms. The fraction of sp³-hybridized carbons (Fsp3) is 0.464. The molecule has 0 saturated carbocycles. The predicted octanol–water partition coefficient (Wildman–Crippen LogP) is 4.88. The zero-order chi connectivity index (χ0) is 27.1. The summed E-state index contributed by atoms with van der Waals surface area (Å²) < 4.78 is 40.6. The van der Waals surface area contributed by atoms with Crippen molar-refractivity contribution >= 4 is 23.4 Å². The Morgan fingerprint density at radius 2 is 1.63 bits per heavy atom. The Morgan fingerprint density at radius 1 is 0.947 bits per heavy atom. The molecule has 4 rings (SSSR count). The third-order valence-corrected chi connectivity index (χ3v) is 7.06. The summed E-state index contributed by atoms with van der Waals surface area (Å²) in [5, 5.41) is 2.85. The van der Waals surface area contributed by atoms with Crippen LogP contribution in [0, 0.1) is 0 Å². The topological polar surface area (TPSA) is 79.0 Å². The summed E-state index contributed by atoms with van der Waals surface area (Å²) in [6, 6.07) is 13.2. The van der Waals surface area contributed by atoms with Gasteiger partial charge in [0.2, 0.25) is 17.7 Å². The van der Waals surface area contributed by atoms with E-state index in [0.717, 1.165) is 36.8 Å². The molecule has 0 radical (unpaired) electrons. The minimum Gasteiger partial charge on any atom is -0.406 e. The number of likely N-dealkylation sites (tertiary alicyclic amines) is 2. The molecule has 2 saturated heterocycles. The van der Waals surface area contributed by atoms with Gasteiger partial charge in [0.05, 0.1) is 6.54 Å². The fourth-order valence-electron chi connectivity index (χ4n) is 4.93. The number of aryl methyl sites for hydroxylation is 1. The summed E-state index contributed by atoms with van der Waals surface area (Å²) in [6.07, 6.45) is -0.0759. The van der Waals surface area contributed by atoms with Crippen LogP contribution in [0.3, 0.4) is 0 Å². The summed E-state index contributed by atoms with van der Waals surface area (Å²) in [7, 11) is 0. The van der Waals surface area contributed by atoms with Gasteiger partial charge >= 0.3 is 6.36 Å². The van der Waals surface area contributed by atoms with E-state index in [0.29, 0.717) is 44.1 Å². The molecule has 2 heterocycles. The number of rotatable bonds is 8. The second kappa shape index (κ2) is 12.3. The van der Waals surface area contributed by atoms with Crippen LogP contribution < -0.4 is 10.1 Å². The van der Waals surface area contributed by atoms with Gasteiger partial charge in [-0.15, -0.1) is 13.2 Å². The van der Waals surface area contributed by atoms with E-state index in [2.05, 4.69) is 10.1 Å². The molecule has 2 aliphatic heterocycles. The number of anilines is 1. The summed E-state index contributed by atoms with van der Waals surface area (Å²) in [5.41, 5.74) is 2.56. The Balaban J connectivity index is 1.19. The molecule has 0 aromatic heterocycles. The number of piperidine rings is 2. The van der Waals surface area contributed by atoms with Gasteiger partial charge in [0.25, 0.3) is 0 Å². The number of hydrogen-bond acceptors (Lipinski definition) is 4. The Labute approximate surface area is 219 Å². The van der Waals surface area contributed by atoms with Gasteiger partial charge in [0.1, 0.15) is 5.75 Å². The predicted molar refractivity (Wildman–Crippen MR) is 136 cm³/mol. The molecule has 0 aliphatic carbocycles. The highest BCUT2D eigenvalue weighted by atomic mass is 19.4. The molecule has 1 N–H and O–H groups in total. The van der Waals surface area contributed by atoms with Crippen molar-refractivity contribution in [1.29, 1.82) is 0 Å². The van der Waals surface area contributed by atoms with E-state index in [1.807, 2.05) is 29.2 Å². The van der Waals surface area contributed by atoms with Gasteiger partial charge < -0.3 is 19.9 Å². The van der Waals surface area contributed by atoms with E-state index in [9.17, 15) is 27.6 Å². The van der Waals surface area contributed by atoms with Gasteiger partial charge in [0.15, 0.2) is 0 Å². The standard InChI is InChI=1S/C28H32F3N3O4/c29-28(30,31)38-24-11-4-20(5-12-24)6-13-25(35)32-23-9-7-21(8-10-23)22-14-17-33(18-15-22)27(37)19-34-16-2-1-3-26(34)36/h4-5,7-12,22H,1-3,6,13-19H2,(H,32,35). The first-order chi connectivity index (χ1) is 18.2. The van der Waals surface area contributed by atoms with Gasteiger partial charge in [-0.2, -0.15) is 0 Å². The van der Waals surface area contributed by atoms with E-state index in [1.54, 1.807) is 4.90 Å². The molecule has 7 nitrogen and oxygen atoms in total. The van der Waals surface area contributed by atoms with Crippen LogP contribution in [0.25, 0.3) is 0 Å². The van der Waals surface area contributed by atoms with Crippen LogP contribution in [0.1, 0.15) is 55.6 Å². The lowest BCUT2D eigenvalue weighted by molar-refractivity contribution is -0.274. The zero-order valence-corrected chi connectivity index (χ0v) is 21.1. The Morgan fingerprint density at radius 3 is 2.26 bits per heavy atom. The molecule has 0 atom stereocenters. The maximum Gasteiger partial charge on any atom is 0.573 e. The third kappa shape index (κ3) is 7.97. The van der Waals surface area contributed by atoms with Crippen LogP contribution in [0.2, 0.25) is 0 Å². The maximum absolute atomic E-state index is 12.7. The Bertz CT molecular complexity index is 1110. The van der Waals surface area contributed by atoms with E-state index in [4.69, 9.17) is 0 Å². The SMILES string of the molecule is O=C(CCc1ccc(OC(F)(F)F)cc1)Nc1ccc(C2CCN(C(=O)CN3CCCCC3=O)CC2)cc1. The molecule has 0 unspecified atom stereocenters. The normalized spacial score (nSPS) is 16.9. The summed E-state index contributed by atoms with van der Waals surface area (Å²) in [5.74, 6) is -0.0725. The summed E-state index contributed by atoms with van der Waals surface area (Å²) in [6.45, 7) is 2.16. The van der Waals surface area contributed by atoms with Crippen molar-refractivity contribution in [1.82, 2.24) is 9.80 Å². The summed E-state index contributed by atoms with van der Waals surface area (Å²) in [4.78, 5) is 40.5. The molecule has 2 aromatic carbocycles. The lowest BCUT2D eigenvalue weighted by Crippen LogP contribution is -2.46. The highest BCUT2D eigenvalue weighted by Crippen LogP contribution is 2.29. The quantitative estimate of drug-likeness (QED) is 0.527. The lowest BCUT2D eigenvalue weighted by atomic mass is 9.89. The zero-order valence-electron chi connectivity index (χ0n) is 21.1. The number of halogens is 3. The van der Waals surface area contributed by atoms with Crippen LogP contribution in [0.15, 0.2) is 48.5 Å².